The average Bonchev–Trinajstić information content (AvgIpc) is 4.14. The molecule has 6 aromatic heterocycles. The van der Waals surface area contributed by atoms with Crippen molar-refractivity contribution < 1.29 is 9.47 Å². The third-order valence-corrected chi connectivity index (χ3v) is 13.7. The molecule has 5 fully saturated rings. The van der Waals surface area contributed by atoms with Crippen LogP contribution in [0.15, 0.2) is 37.4 Å². The van der Waals surface area contributed by atoms with Gasteiger partial charge < -0.3 is 39.5 Å². The molecule has 6 aromatic rings. The molecular formula is C43H54N16O2. The molecule has 0 aromatic carbocycles. The molecule has 4 bridgehead atoms. The molecule has 11 rings (SSSR count). The van der Waals surface area contributed by atoms with E-state index in [0.717, 1.165) is 113 Å². The number of fused-ring (bicyclic) bond motifs is 6. The fourth-order valence-corrected chi connectivity index (χ4v) is 10.5. The Hall–Kier alpha value is -5.62. The maximum absolute atomic E-state index is 6.16. The van der Waals surface area contributed by atoms with Crippen molar-refractivity contribution in [3.8, 4) is 22.8 Å². The van der Waals surface area contributed by atoms with E-state index in [1.165, 1.54) is 0 Å². The highest BCUT2D eigenvalue weighted by Crippen LogP contribution is 2.39. The van der Waals surface area contributed by atoms with Crippen molar-refractivity contribution >= 4 is 45.9 Å². The molecule has 8 atom stereocenters. The van der Waals surface area contributed by atoms with E-state index in [1.807, 2.05) is 25.0 Å². The Bertz CT molecular complexity index is 2500. The predicted molar refractivity (Wildman–Crippen MR) is 231 cm³/mol. The molecule has 10 heterocycles. The molecule has 0 amide bonds. The molecule has 4 saturated heterocycles. The quantitative estimate of drug-likeness (QED) is 0.150. The Kier molecular flexibility index (Phi) is 9.85. The smallest absolute Gasteiger partial charge is 0.228 e. The number of hydrogen-bond acceptors (Lipinski definition) is 16. The van der Waals surface area contributed by atoms with Gasteiger partial charge >= 0.3 is 0 Å². The summed E-state index contributed by atoms with van der Waals surface area (Å²) < 4.78 is 16.8. The van der Waals surface area contributed by atoms with Crippen LogP contribution < -0.4 is 20.9 Å². The molecule has 1 aliphatic carbocycles. The van der Waals surface area contributed by atoms with Crippen LogP contribution in [0.3, 0.4) is 0 Å². The first-order valence-electron chi connectivity index (χ1n) is 22.3. The zero-order valence-corrected chi connectivity index (χ0v) is 35.1. The first kappa shape index (κ1) is 38.3. The van der Waals surface area contributed by atoms with Crippen molar-refractivity contribution in [3.05, 3.63) is 37.4 Å². The fraction of sp³-hybridized carbons (Fsp3) is 0.581. The van der Waals surface area contributed by atoms with Crippen LogP contribution in [0.4, 0.5) is 23.5 Å². The zero-order chi connectivity index (χ0) is 41.2. The normalized spacial score (nSPS) is 25.8. The lowest BCUT2D eigenvalue weighted by molar-refractivity contribution is 0.0297. The van der Waals surface area contributed by atoms with Gasteiger partial charge in [-0.15, -0.1) is 0 Å². The lowest BCUT2D eigenvalue weighted by atomic mass is 9.99. The Morgan fingerprint density at radius 1 is 0.672 bits per heavy atom. The van der Waals surface area contributed by atoms with Gasteiger partial charge in [-0.1, -0.05) is 20.3 Å². The third kappa shape index (κ3) is 7.16. The molecule has 18 nitrogen and oxygen atoms in total. The highest BCUT2D eigenvalue weighted by atomic mass is 16.5. The van der Waals surface area contributed by atoms with Gasteiger partial charge in [0.2, 0.25) is 11.9 Å². The number of aromatic nitrogens is 12. The predicted octanol–water partition coefficient (Wildman–Crippen LogP) is 5.79. The van der Waals surface area contributed by atoms with Crippen LogP contribution in [0.1, 0.15) is 97.1 Å². The molecule has 4 aliphatic heterocycles. The minimum Gasteiger partial charge on any atom is -0.382 e. The van der Waals surface area contributed by atoms with Crippen LogP contribution in [0.5, 0.6) is 0 Å². The SMILES string of the molecule is CCCC(CC)n1cnc2c(-c3cnc(NC4CCC(C(C)n5cnc6c(-c7cnc(N)cn7)nc(N7CC8CCC(C7)O8)nc65)C4)cn3)nc(N3CC4CCC(C3)O4)nc21. The molecule has 1 saturated carbocycles. The van der Waals surface area contributed by atoms with E-state index < -0.39 is 0 Å². The highest BCUT2D eigenvalue weighted by Gasteiger charge is 2.38. The van der Waals surface area contributed by atoms with Gasteiger partial charge in [0.1, 0.15) is 45.4 Å². The van der Waals surface area contributed by atoms with E-state index in [-0.39, 0.29) is 36.5 Å². The van der Waals surface area contributed by atoms with Crippen molar-refractivity contribution in [3.63, 3.8) is 0 Å². The molecule has 3 N–H and O–H groups in total. The van der Waals surface area contributed by atoms with E-state index >= 15 is 0 Å². The van der Waals surface area contributed by atoms with Crippen LogP contribution >= 0.6 is 0 Å². The summed E-state index contributed by atoms with van der Waals surface area (Å²) in [6, 6.07) is 0.693. The number of hydrogen-bond donors (Lipinski definition) is 2. The molecule has 318 valence electrons. The number of nitrogens with one attached hydrogen (secondary N) is 1. The van der Waals surface area contributed by atoms with Crippen LogP contribution in [0.25, 0.3) is 45.1 Å². The fourth-order valence-electron chi connectivity index (χ4n) is 10.5. The average molecular weight is 827 g/mol. The van der Waals surface area contributed by atoms with Crippen LogP contribution in [0, 0.1) is 5.92 Å². The molecule has 0 radical (unpaired) electrons. The van der Waals surface area contributed by atoms with Gasteiger partial charge in [-0.3, -0.25) is 0 Å². The van der Waals surface area contributed by atoms with Gasteiger partial charge in [-0.2, -0.15) is 9.97 Å². The molecule has 0 spiro atoms. The maximum Gasteiger partial charge on any atom is 0.228 e. The number of nitrogens with two attached hydrogens (primary N) is 1. The van der Waals surface area contributed by atoms with Crippen molar-refractivity contribution in [1.82, 2.24) is 59.0 Å². The number of nitrogens with zero attached hydrogens (tertiary/aromatic N) is 14. The minimum absolute atomic E-state index is 0.139. The van der Waals surface area contributed by atoms with E-state index in [2.05, 4.69) is 55.0 Å². The van der Waals surface area contributed by atoms with Crippen LogP contribution in [-0.4, -0.2) is 116 Å². The summed E-state index contributed by atoms with van der Waals surface area (Å²) in [5, 5.41) is 3.70. The van der Waals surface area contributed by atoms with E-state index in [4.69, 9.17) is 55.1 Å². The minimum atomic E-state index is 0.139. The number of morpholine rings is 2. The highest BCUT2D eigenvalue weighted by molar-refractivity contribution is 5.88. The van der Waals surface area contributed by atoms with Gasteiger partial charge in [-0.25, -0.2) is 39.9 Å². The first-order chi connectivity index (χ1) is 29.9. The second-order valence-electron chi connectivity index (χ2n) is 17.7. The third-order valence-electron chi connectivity index (χ3n) is 13.7. The summed E-state index contributed by atoms with van der Waals surface area (Å²) in [6.07, 6.45) is 22.0. The summed E-state index contributed by atoms with van der Waals surface area (Å²) >= 11 is 0. The largest absolute Gasteiger partial charge is 0.382 e. The second-order valence-corrected chi connectivity index (χ2v) is 17.7. The topological polar surface area (TPSA) is 202 Å². The van der Waals surface area contributed by atoms with Gasteiger partial charge in [-0.05, 0) is 70.6 Å². The Balaban J connectivity index is 0.834. The Labute approximate surface area is 354 Å². The summed E-state index contributed by atoms with van der Waals surface area (Å²) in [5.41, 5.74) is 11.7. The zero-order valence-electron chi connectivity index (χ0n) is 35.1. The van der Waals surface area contributed by atoms with Crippen molar-refractivity contribution in [2.24, 2.45) is 5.92 Å². The Morgan fingerprint density at radius 2 is 1.25 bits per heavy atom. The maximum atomic E-state index is 6.16. The molecule has 18 heteroatoms. The summed E-state index contributed by atoms with van der Waals surface area (Å²) in [7, 11) is 0. The summed E-state index contributed by atoms with van der Waals surface area (Å²) in [6.45, 7) is 9.84. The van der Waals surface area contributed by atoms with Gasteiger partial charge in [0.15, 0.2) is 11.3 Å². The van der Waals surface area contributed by atoms with Crippen LogP contribution in [0.2, 0.25) is 0 Å². The Morgan fingerprint density at radius 3 is 1.79 bits per heavy atom. The number of imidazole rings is 2. The van der Waals surface area contributed by atoms with Crippen molar-refractivity contribution in [1.29, 1.82) is 0 Å². The monoisotopic (exact) mass is 826 g/mol. The van der Waals surface area contributed by atoms with Crippen molar-refractivity contribution in [2.45, 2.75) is 128 Å². The summed E-state index contributed by atoms with van der Waals surface area (Å²) in [5.74, 6) is 2.87. The number of rotatable bonds is 12. The standard InChI is InChI=1S/C43H54N16O2/c1-4-6-27(5-2)59-23-50-39-37(53-43(55-41(39)59)57-20-30-11-12-31(21-57)61-30)33-15-48-35(17-46-33)51-26-8-7-25(13-26)24(3)58-22-49-38-36(32-14-47-34(44)16-45-32)52-42(54-40(38)58)56-18-28-9-10-29(19-56)60-28/h14-17,22-31H,4-13,18-21H2,1-3H3,(H2,44,47)(H,48,51). The van der Waals surface area contributed by atoms with Crippen molar-refractivity contribution in [2.75, 3.05) is 47.0 Å². The first-order valence-corrected chi connectivity index (χ1v) is 22.3. The molecule has 8 unspecified atom stereocenters. The molecule has 61 heavy (non-hydrogen) atoms. The molecule has 5 aliphatic rings. The molecular weight excluding hydrogens is 773 g/mol. The van der Waals surface area contributed by atoms with E-state index in [0.29, 0.717) is 58.0 Å². The van der Waals surface area contributed by atoms with Crippen LogP contribution in [-0.2, 0) is 9.47 Å². The van der Waals surface area contributed by atoms with Gasteiger partial charge in [0.05, 0.1) is 61.9 Å². The van der Waals surface area contributed by atoms with Gasteiger partial charge in [0.25, 0.3) is 0 Å². The number of anilines is 4. The van der Waals surface area contributed by atoms with E-state index in [9.17, 15) is 0 Å². The second kappa shape index (κ2) is 15.7. The van der Waals surface area contributed by atoms with Gasteiger partial charge in [0, 0.05) is 44.3 Å². The van der Waals surface area contributed by atoms with E-state index in [1.54, 1.807) is 12.4 Å². The lowest BCUT2D eigenvalue weighted by Gasteiger charge is -2.32. The summed E-state index contributed by atoms with van der Waals surface area (Å²) in [4.78, 5) is 53.6. The number of ether oxygens (including phenoxy) is 2. The number of nitrogen functional groups attached to an aromatic ring is 1. The lowest BCUT2D eigenvalue weighted by Crippen LogP contribution is -2.43.